The summed E-state index contributed by atoms with van der Waals surface area (Å²) < 4.78 is 0. The molecule has 0 aliphatic rings. The number of nitrogens with zero attached hydrogens (tertiary/aromatic N) is 4. The van der Waals surface area contributed by atoms with Crippen LogP contribution < -0.4 is 10.2 Å². The van der Waals surface area contributed by atoms with Crippen LogP contribution in [0.25, 0.3) is 0 Å². The van der Waals surface area contributed by atoms with Gasteiger partial charge in [-0.3, -0.25) is 20.2 Å². The maximum atomic E-state index is 12.5. The number of nitro groups is 1. The molecule has 1 heterocycles. The van der Waals surface area contributed by atoms with E-state index in [4.69, 9.17) is 0 Å². The number of hydrogen-bond acceptors (Lipinski definition) is 7. The minimum atomic E-state index is -0.527. The van der Waals surface area contributed by atoms with Gasteiger partial charge in [0.2, 0.25) is 5.13 Å². The Balaban J connectivity index is 2.29. The number of nitro benzene ring substituents is 1. The molecule has 122 valence electrons. The number of aryl methyl sites for hydroxylation is 1. The van der Waals surface area contributed by atoms with E-state index < -0.39 is 10.8 Å². The molecule has 1 aromatic carbocycles. The summed E-state index contributed by atoms with van der Waals surface area (Å²) in [6.45, 7) is 2.03. The Bertz CT molecular complexity index is 729. The van der Waals surface area contributed by atoms with Crippen LogP contribution in [0.15, 0.2) is 18.2 Å². The minimum Gasteiger partial charge on any atom is -0.377 e. The minimum absolute atomic E-state index is 0.135. The lowest BCUT2D eigenvalue weighted by molar-refractivity contribution is -0.384. The molecule has 1 amide bonds. The smallest absolute Gasteiger partial charge is 0.270 e. The van der Waals surface area contributed by atoms with Crippen molar-refractivity contribution < 1.29 is 9.72 Å². The van der Waals surface area contributed by atoms with Crippen LogP contribution in [-0.4, -0.2) is 35.1 Å². The summed E-state index contributed by atoms with van der Waals surface area (Å²) in [4.78, 5) is 24.6. The summed E-state index contributed by atoms with van der Waals surface area (Å²) in [6.07, 6.45) is 1.74. The van der Waals surface area contributed by atoms with Gasteiger partial charge in [-0.1, -0.05) is 18.3 Å². The van der Waals surface area contributed by atoms with Crippen molar-refractivity contribution in [3.63, 3.8) is 0 Å². The molecular formula is C14H17N5O3S. The molecule has 9 heteroatoms. The first-order valence-corrected chi connectivity index (χ1v) is 7.83. The van der Waals surface area contributed by atoms with Crippen molar-refractivity contribution in [3.05, 3.63) is 38.9 Å². The fourth-order valence-corrected chi connectivity index (χ4v) is 2.83. The number of anilines is 2. The van der Waals surface area contributed by atoms with E-state index in [0.717, 1.165) is 17.8 Å². The lowest BCUT2D eigenvalue weighted by Crippen LogP contribution is -2.18. The number of aromatic nitrogens is 2. The van der Waals surface area contributed by atoms with Gasteiger partial charge in [-0.2, -0.15) is 0 Å². The van der Waals surface area contributed by atoms with E-state index in [1.54, 1.807) is 25.1 Å². The van der Waals surface area contributed by atoms with Crippen LogP contribution in [0.1, 0.15) is 28.7 Å². The molecule has 0 radical (unpaired) electrons. The number of benzene rings is 1. The van der Waals surface area contributed by atoms with Crippen LogP contribution in [0.4, 0.5) is 16.5 Å². The van der Waals surface area contributed by atoms with Crippen LogP contribution in [0.2, 0.25) is 0 Å². The van der Waals surface area contributed by atoms with Gasteiger partial charge in [-0.15, -0.1) is 10.2 Å². The molecule has 0 spiro atoms. The van der Waals surface area contributed by atoms with Crippen molar-refractivity contribution >= 4 is 33.8 Å². The van der Waals surface area contributed by atoms with Crippen molar-refractivity contribution in [2.45, 2.75) is 19.8 Å². The molecule has 1 N–H and O–H groups in total. The summed E-state index contributed by atoms with van der Waals surface area (Å²) in [5.74, 6) is -0.448. The maximum absolute atomic E-state index is 12.5. The van der Waals surface area contributed by atoms with Crippen LogP contribution in [0.5, 0.6) is 0 Å². The van der Waals surface area contributed by atoms with Crippen molar-refractivity contribution in [3.8, 4) is 0 Å². The molecule has 2 aromatic rings. The van der Waals surface area contributed by atoms with Crippen molar-refractivity contribution in [1.29, 1.82) is 0 Å². The van der Waals surface area contributed by atoms with E-state index in [0.29, 0.717) is 10.8 Å². The highest BCUT2D eigenvalue weighted by atomic mass is 32.1. The van der Waals surface area contributed by atoms with Crippen molar-refractivity contribution in [1.82, 2.24) is 10.2 Å². The molecule has 0 atom stereocenters. The Morgan fingerprint density at radius 2 is 2.13 bits per heavy atom. The summed E-state index contributed by atoms with van der Waals surface area (Å²) in [7, 11) is 3.53. The average molecular weight is 335 g/mol. The zero-order valence-electron chi connectivity index (χ0n) is 13.1. The quantitative estimate of drug-likeness (QED) is 0.643. The highest BCUT2D eigenvalue weighted by molar-refractivity contribution is 7.15. The third kappa shape index (κ3) is 4.01. The van der Waals surface area contributed by atoms with Crippen LogP contribution in [0, 0.1) is 10.1 Å². The average Bonchev–Trinajstić information content (AvgIpc) is 2.94. The molecule has 2 rings (SSSR count). The Morgan fingerprint density at radius 1 is 1.39 bits per heavy atom. The summed E-state index contributed by atoms with van der Waals surface area (Å²) >= 11 is 1.30. The van der Waals surface area contributed by atoms with Gasteiger partial charge in [-0.25, -0.2) is 0 Å². The number of hydrogen-bond donors (Lipinski definition) is 1. The summed E-state index contributed by atoms with van der Waals surface area (Å²) in [6, 6.07) is 4.19. The predicted molar refractivity (Wildman–Crippen MR) is 89.3 cm³/mol. The second-order valence-corrected chi connectivity index (χ2v) is 6.12. The third-order valence-electron chi connectivity index (χ3n) is 3.07. The second-order valence-electron chi connectivity index (χ2n) is 5.06. The molecule has 0 saturated heterocycles. The summed E-state index contributed by atoms with van der Waals surface area (Å²) in [5.41, 5.74) is 0.674. The molecule has 0 bridgehead atoms. The molecule has 0 aliphatic heterocycles. The Hall–Kier alpha value is -2.55. The van der Waals surface area contributed by atoms with E-state index in [-0.39, 0.29) is 11.3 Å². The van der Waals surface area contributed by atoms with E-state index in [1.165, 1.54) is 23.5 Å². The van der Waals surface area contributed by atoms with E-state index >= 15 is 0 Å². The standard InChI is InChI=1S/C14H17N5O3S/c1-4-5-12-16-17-14(23-12)15-13(20)10-8-9(19(21)22)6-7-11(10)18(2)3/h6-8H,4-5H2,1-3H3,(H,15,17,20). The maximum Gasteiger partial charge on any atom is 0.270 e. The van der Waals surface area contributed by atoms with E-state index in [1.807, 2.05) is 6.92 Å². The van der Waals surface area contributed by atoms with Gasteiger partial charge in [0.05, 0.1) is 10.5 Å². The number of non-ortho nitro benzene ring substituents is 1. The summed E-state index contributed by atoms with van der Waals surface area (Å²) in [5, 5.41) is 22.7. The number of amides is 1. The molecule has 0 unspecified atom stereocenters. The molecule has 0 fully saturated rings. The lowest BCUT2D eigenvalue weighted by atomic mass is 10.1. The number of rotatable bonds is 6. The fraction of sp³-hybridized carbons (Fsp3) is 0.357. The Labute approximate surface area is 137 Å². The number of carbonyl (C=O) groups excluding carboxylic acids is 1. The first-order chi connectivity index (χ1) is 10.9. The fourth-order valence-electron chi connectivity index (χ4n) is 1.99. The van der Waals surface area contributed by atoms with Gasteiger partial charge in [0, 0.05) is 38.3 Å². The molecule has 0 aliphatic carbocycles. The number of carbonyl (C=O) groups is 1. The molecule has 23 heavy (non-hydrogen) atoms. The first-order valence-electron chi connectivity index (χ1n) is 7.02. The highest BCUT2D eigenvalue weighted by Crippen LogP contribution is 2.26. The van der Waals surface area contributed by atoms with Crippen LogP contribution in [0.3, 0.4) is 0 Å². The number of nitrogens with one attached hydrogen (secondary N) is 1. The van der Waals surface area contributed by atoms with Gasteiger partial charge in [0.1, 0.15) is 5.01 Å². The molecule has 8 nitrogen and oxygen atoms in total. The second kappa shape index (κ2) is 7.14. The Morgan fingerprint density at radius 3 is 2.74 bits per heavy atom. The third-order valence-corrected chi connectivity index (χ3v) is 3.97. The monoisotopic (exact) mass is 335 g/mol. The predicted octanol–water partition coefficient (Wildman–Crippen LogP) is 2.72. The SMILES string of the molecule is CCCc1nnc(NC(=O)c2cc([N+](=O)[O-])ccc2N(C)C)s1. The van der Waals surface area contributed by atoms with Crippen molar-refractivity contribution in [2.75, 3.05) is 24.3 Å². The van der Waals surface area contributed by atoms with E-state index in [2.05, 4.69) is 15.5 Å². The zero-order chi connectivity index (χ0) is 17.0. The van der Waals surface area contributed by atoms with Gasteiger partial charge in [0.15, 0.2) is 0 Å². The van der Waals surface area contributed by atoms with Gasteiger partial charge in [-0.05, 0) is 12.5 Å². The van der Waals surface area contributed by atoms with Crippen molar-refractivity contribution in [2.24, 2.45) is 0 Å². The molecular weight excluding hydrogens is 318 g/mol. The Kier molecular flexibility index (Phi) is 5.22. The zero-order valence-corrected chi connectivity index (χ0v) is 13.9. The van der Waals surface area contributed by atoms with Crippen LogP contribution >= 0.6 is 11.3 Å². The lowest BCUT2D eigenvalue weighted by Gasteiger charge is -2.16. The topological polar surface area (TPSA) is 101 Å². The van der Waals surface area contributed by atoms with Gasteiger partial charge >= 0.3 is 0 Å². The highest BCUT2D eigenvalue weighted by Gasteiger charge is 2.19. The largest absolute Gasteiger partial charge is 0.377 e. The van der Waals surface area contributed by atoms with Gasteiger partial charge < -0.3 is 4.90 Å². The molecule has 1 aromatic heterocycles. The normalized spacial score (nSPS) is 10.4. The van der Waals surface area contributed by atoms with E-state index in [9.17, 15) is 14.9 Å². The molecule has 0 saturated carbocycles. The van der Waals surface area contributed by atoms with Crippen LogP contribution in [-0.2, 0) is 6.42 Å². The van der Waals surface area contributed by atoms with Gasteiger partial charge in [0.25, 0.3) is 11.6 Å². The first kappa shape index (κ1) is 16.8.